The van der Waals surface area contributed by atoms with Crippen LogP contribution in [-0.2, 0) is 16.4 Å². The molecule has 0 bridgehead atoms. The summed E-state index contributed by atoms with van der Waals surface area (Å²) in [5.74, 6) is 0. The number of aliphatic hydroxyl groups excluding tert-OH is 1. The Balaban J connectivity index is 2.31. The molecule has 7 heteroatoms. The van der Waals surface area contributed by atoms with Crippen molar-refractivity contribution in [1.82, 2.24) is 0 Å². The number of hydrogen-bond donors (Lipinski definition) is 2. The van der Waals surface area contributed by atoms with Crippen LogP contribution in [0.3, 0.4) is 0 Å². The second-order valence-corrected chi connectivity index (χ2v) is 7.72. The molecule has 2 N–H and O–H groups in total. The number of para-hydroxylation sites is 1. The van der Waals surface area contributed by atoms with Gasteiger partial charge in [0.25, 0.3) is 10.0 Å². The van der Waals surface area contributed by atoms with Crippen molar-refractivity contribution >= 4 is 38.6 Å². The highest BCUT2D eigenvalue weighted by Gasteiger charge is 2.19. The van der Waals surface area contributed by atoms with E-state index in [1.54, 1.807) is 31.2 Å². The first-order valence-corrected chi connectivity index (χ1v) is 8.59. The second-order valence-electron chi connectivity index (χ2n) is 4.23. The minimum Gasteiger partial charge on any atom is -0.396 e. The number of halogens is 1. The summed E-state index contributed by atoms with van der Waals surface area (Å²) in [5, 5.41) is 9.23. The number of rotatable bonds is 5. The number of aliphatic hydroxyl groups is 1. The van der Waals surface area contributed by atoms with Crippen LogP contribution in [0.25, 0.3) is 0 Å². The highest BCUT2D eigenvalue weighted by atomic mass is 35.5. The summed E-state index contributed by atoms with van der Waals surface area (Å²) in [4.78, 5) is 0.823. The topological polar surface area (TPSA) is 66.4 Å². The summed E-state index contributed by atoms with van der Waals surface area (Å²) in [6.45, 7) is 1.78. The van der Waals surface area contributed by atoms with Crippen LogP contribution in [0.4, 0.5) is 5.69 Å². The van der Waals surface area contributed by atoms with Gasteiger partial charge in [0, 0.05) is 17.9 Å². The van der Waals surface area contributed by atoms with Crippen molar-refractivity contribution in [2.45, 2.75) is 17.6 Å². The van der Waals surface area contributed by atoms with E-state index in [0.717, 1.165) is 21.8 Å². The normalized spacial score (nSPS) is 11.6. The van der Waals surface area contributed by atoms with Gasteiger partial charge in [-0.2, -0.15) is 0 Å². The number of benzene rings is 1. The second kappa shape index (κ2) is 6.13. The molecule has 0 aliphatic heterocycles. The molecule has 0 aliphatic carbocycles. The molecule has 0 unspecified atom stereocenters. The predicted octanol–water partition coefficient (Wildman–Crippen LogP) is 3.05. The smallest absolute Gasteiger partial charge is 0.271 e. The number of aryl methyl sites for hydroxylation is 1. The minimum atomic E-state index is -3.65. The lowest BCUT2D eigenvalue weighted by Crippen LogP contribution is -2.12. The van der Waals surface area contributed by atoms with Crippen molar-refractivity contribution in [2.75, 3.05) is 11.3 Å². The highest BCUT2D eigenvalue weighted by Crippen LogP contribution is 2.30. The number of thiophene rings is 1. The third-order valence-corrected chi connectivity index (χ3v) is 6.02. The van der Waals surface area contributed by atoms with Crippen molar-refractivity contribution in [3.8, 4) is 0 Å². The molecule has 1 heterocycles. The van der Waals surface area contributed by atoms with Crippen LogP contribution >= 0.6 is 22.9 Å². The van der Waals surface area contributed by atoms with Crippen molar-refractivity contribution in [3.63, 3.8) is 0 Å². The molecule has 108 valence electrons. The molecule has 0 amide bonds. The van der Waals surface area contributed by atoms with Gasteiger partial charge in [0.2, 0.25) is 0 Å². The monoisotopic (exact) mass is 331 g/mol. The molecular weight excluding hydrogens is 318 g/mol. The Morgan fingerprint density at radius 2 is 2.05 bits per heavy atom. The lowest BCUT2D eigenvalue weighted by molar-refractivity contribution is 0.300. The Hall–Kier alpha value is -1.08. The molecule has 0 spiro atoms. The molecule has 0 saturated carbocycles. The highest BCUT2D eigenvalue weighted by molar-refractivity contribution is 7.94. The fraction of sp³-hybridized carbons (Fsp3) is 0.231. The maximum absolute atomic E-state index is 12.3. The molecule has 0 fully saturated rings. The Morgan fingerprint density at radius 3 is 2.70 bits per heavy atom. The molecule has 0 radical (unpaired) electrons. The number of anilines is 1. The molecule has 20 heavy (non-hydrogen) atoms. The van der Waals surface area contributed by atoms with Crippen molar-refractivity contribution in [1.29, 1.82) is 0 Å². The van der Waals surface area contributed by atoms with E-state index < -0.39 is 10.0 Å². The minimum absolute atomic E-state index is 0.00293. The Kier molecular flexibility index (Phi) is 4.70. The maximum atomic E-state index is 12.3. The van der Waals surface area contributed by atoms with E-state index in [4.69, 9.17) is 16.7 Å². The average molecular weight is 332 g/mol. The largest absolute Gasteiger partial charge is 0.396 e. The van der Waals surface area contributed by atoms with E-state index in [1.807, 2.05) is 0 Å². The fourth-order valence-corrected chi connectivity index (χ4v) is 4.51. The third-order valence-electron chi connectivity index (χ3n) is 2.72. The number of hydrogen-bond acceptors (Lipinski definition) is 4. The maximum Gasteiger partial charge on any atom is 0.271 e. The average Bonchev–Trinajstić information content (AvgIpc) is 2.84. The van der Waals surface area contributed by atoms with Crippen LogP contribution in [-0.4, -0.2) is 20.1 Å². The van der Waals surface area contributed by atoms with E-state index in [-0.39, 0.29) is 10.8 Å². The summed E-state index contributed by atoms with van der Waals surface area (Å²) in [7, 11) is -3.65. The Labute approximate surface area is 127 Å². The lowest BCUT2D eigenvalue weighted by atomic mass is 10.2. The van der Waals surface area contributed by atoms with Gasteiger partial charge in [-0.05, 0) is 30.7 Å². The quantitative estimate of drug-likeness (QED) is 0.885. The van der Waals surface area contributed by atoms with Gasteiger partial charge >= 0.3 is 0 Å². The molecule has 4 nitrogen and oxygen atoms in total. The molecular formula is C13H14ClNO3S2. The Bertz CT molecular complexity index is 690. The van der Waals surface area contributed by atoms with Gasteiger partial charge in [-0.3, -0.25) is 4.72 Å². The van der Waals surface area contributed by atoms with Gasteiger partial charge in [0.1, 0.15) is 4.21 Å². The zero-order valence-electron chi connectivity index (χ0n) is 10.8. The van der Waals surface area contributed by atoms with Crippen LogP contribution in [0.1, 0.15) is 10.4 Å². The summed E-state index contributed by atoms with van der Waals surface area (Å²) < 4.78 is 27.3. The van der Waals surface area contributed by atoms with Gasteiger partial charge in [-0.1, -0.05) is 23.7 Å². The van der Waals surface area contributed by atoms with Gasteiger partial charge in [-0.15, -0.1) is 11.3 Å². The van der Waals surface area contributed by atoms with E-state index >= 15 is 0 Å². The molecule has 0 atom stereocenters. The van der Waals surface area contributed by atoms with Crippen LogP contribution in [0.15, 0.2) is 34.5 Å². The standard InChI is InChI=1S/C13H14ClNO3S2/c1-9-3-2-4-11(14)13(9)15-20(17,18)12-6-5-10(19-12)7-8-16/h2-6,15-16H,7-8H2,1H3. The molecule has 0 saturated heterocycles. The fourth-order valence-electron chi connectivity index (χ4n) is 1.69. The number of nitrogens with one attached hydrogen (secondary N) is 1. The first-order chi connectivity index (χ1) is 9.44. The summed E-state index contributed by atoms with van der Waals surface area (Å²) in [6.07, 6.45) is 0.450. The van der Waals surface area contributed by atoms with Crippen molar-refractivity contribution < 1.29 is 13.5 Å². The first-order valence-electron chi connectivity index (χ1n) is 5.91. The number of sulfonamides is 1. The van der Waals surface area contributed by atoms with E-state index in [9.17, 15) is 8.42 Å². The zero-order valence-corrected chi connectivity index (χ0v) is 13.1. The summed E-state index contributed by atoms with van der Waals surface area (Å²) >= 11 is 7.16. The summed E-state index contributed by atoms with van der Waals surface area (Å²) in [5.41, 5.74) is 1.15. The van der Waals surface area contributed by atoms with Crippen LogP contribution in [0.2, 0.25) is 5.02 Å². The van der Waals surface area contributed by atoms with Crippen molar-refractivity contribution in [3.05, 3.63) is 45.8 Å². The van der Waals surface area contributed by atoms with E-state index in [1.165, 1.54) is 6.07 Å². The lowest BCUT2D eigenvalue weighted by Gasteiger charge is -2.10. The molecule has 2 aromatic rings. The zero-order chi connectivity index (χ0) is 14.8. The molecule has 2 rings (SSSR count). The van der Waals surface area contributed by atoms with Crippen LogP contribution in [0, 0.1) is 6.92 Å². The predicted molar refractivity (Wildman–Crippen MR) is 82.1 cm³/mol. The van der Waals surface area contributed by atoms with Crippen LogP contribution < -0.4 is 4.72 Å². The Morgan fingerprint density at radius 1 is 1.30 bits per heavy atom. The molecule has 0 aliphatic rings. The van der Waals surface area contributed by atoms with Gasteiger partial charge in [0.05, 0.1) is 10.7 Å². The third kappa shape index (κ3) is 3.32. The SMILES string of the molecule is Cc1cccc(Cl)c1NS(=O)(=O)c1ccc(CCO)s1. The van der Waals surface area contributed by atoms with Crippen molar-refractivity contribution in [2.24, 2.45) is 0 Å². The summed E-state index contributed by atoms with van der Waals surface area (Å²) in [6, 6.07) is 8.42. The first kappa shape index (κ1) is 15.3. The van der Waals surface area contributed by atoms with E-state index in [2.05, 4.69) is 4.72 Å². The molecule has 1 aromatic carbocycles. The molecule has 1 aromatic heterocycles. The van der Waals surface area contributed by atoms with E-state index in [0.29, 0.717) is 17.1 Å². The van der Waals surface area contributed by atoms with Crippen LogP contribution in [0.5, 0.6) is 0 Å². The van der Waals surface area contributed by atoms with Gasteiger partial charge in [-0.25, -0.2) is 8.42 Å². The van der Waals surface area contributed by atoms with Gasteiger partial charge in [0.15, 0.2) is 0 Å². The van der Waals surface area contributed by atoms with Gasteiger partial charge < -0.3 is 5.11 Å².